The normalized spacial score (nSPS) is 16.8. The number of ether oxygens (including phenoxy) is 1. The topological polar surface area (TPSA) is 40.1 Å². The van der Waals surface area contributed by atoms with Crippen molar-refractivity contribution < 1.29 is 17.9 Å². The SMILES string of the molecule is CCNC(=NCCCCOCc1ccccc1)N1CCN(C(C)C(F)(F)F)CC1.I. The molecule has 0 spiro atoms. The fraction of sp³-hybridized carbons (Fsp3) is 0.667. The Morgan fingerprint density at radius 2 is 1.80 bits per heavy atom. The number of guanidine groups is 1. The van der Waals surface area contributed by atoms with Gasteiger partial charge in [0.05, 0.1) is 6.61 Å². The Hall–Kier alpha value is -1.07. The number of halogens is 4. The fourth-order valence-corrected chi connectivity index (χ4v) is 3.22. The lowest BCUT2D eigenvalue weighted by Gasteiger charge is -2.39. The zero-order chi connectivity index (χ0) is 21.1. The van der Waals surface area contributed by atoms with Gasteiger partial charge >= 0.3 is 6.18 Å². The molecule has 0 aliphatic carbocycles. The second-order valence-electron chi connectivity index (χ2n) is 7.22. The fourth-order valence-electron chi connectivity index (χ4n) is 3.22. The molecule has 1 fully saturated rings. The molecule has 1 aliphatic heterocycles. The highest BCUT2D eigenvalue weighted by atomic mass is 127. The van der Waals surface area contributed by atoms with Gasteiger partial charge in [0.15, 0.2) is 5.96 Å². The van der Waals surface area contributed by atoms with Crippen LogP contribution in [0.1, 0.15) is 32.3 Å². The van der Waals surface area contributed by atoms with E-state index in [2.05, 4.69) is 15.2 Å². The summed E-state index contributed by atoms with van der Waals surface area (Å²) in [4.78, 5) is 8.19. The number of unbranched alkanes of at least 4 members (excludes halogenated alkanes) is 1. The lowest BCUT2D eigenvalue weighted by Crippen LogP contribution is -2.56. The standard InChI is InChI=1S/C21H33F3N4O.HI/c1-3-25-20(28-14-12-27(13-15-28)18(2)21(22,23)24)26-11-7-8-16-29-17-19-9-5-4-6-10-19;/h4-6,9-10,18H,3,7-8,11-17H2,1-2H3,(H,25,26);1H. The molecule has 5 nitrogen and oxygen atoms in total. The van der Waals surface area contributed by atoms with Crippen LogP contribution in [0, 0.1) is 0 Å². The summed E-state index contributed by atoms with van der Waals surface area (Å²) in [6, 6.07) is 8.67. The number of nitrogens with zero attached hydrogens (tertiary/aromatic N) is 3. The van der Waals surface area contributed by atoms with Gasteiger partial charge in [-0.1, -0.05) is 30.3 Å². The second kappa shape index (κ2) is 14.1. The van der Waals surface area contributed by atoms with Gasteiger partial charge in [-0.25, -0.2) is 0 Å². The van der Waals surface area contributed by atoms with E-state index in [1.54, 1.807) is 0 Å². The van der Waals surface area contributed by atoms with Crippen molar-refractivity contribution in [3.63, 3.8) is 0 Å². The predicted octanol–water partition coefficient (Wildman–Crippen LogP) is 4.14. The Kier molecular flexibility index (Phi) is 12.7. The van der Waals surface area contributed by atoms with E-state index in [0.717, 1.165) is 25.3 Å². The highest BCUT2D eigenvalue weighted by molar-refractivity contribution is 14.0. The zero-order valence-corrected chi connectivity index (χ0v) is 20.2. The number of piperazine rings is 1. The van der Waals surface area contributed by atoms with E-state index in [1.807, 2.05) is 37.3 Å². The van der Waals surface area contributed by atoms with Gasteiger partial charge in [-0.3, -0.25) is 9.89 Å². The summed E-state index contributed by atoms with van der Waals surface area (Å²) in [6.07, 6.45) is -2.34. The summed E-state index contributed by atoms with van der Waals surface area (Å²) in [5.41, 5.74) is 1.17. The van der Waals surface area contributed by atoms with Gasteiger partial charge in [-0.05, 0) is 32.3 Å². The van der Waals surface area contributed by atoms with Crippen LogP contribution in [0.25, 0.3) is 0 Å². The van der Waals surface area contributed by atoms with Gasteiger partial charge in [-0.2, -0.15) is 13.2 Å². The maximum atomic E-state index is 12.9. The van der Waals surface area contributed by atoms with E-state index >= 15 is 0 Å². The van der Waals surface area contributed by atoms with Gasteiger partial charge < -0.3 is 15.0 Å². The lowest BCUT2D eigenvalue weighted by atomic mass is 10.2. The summed E-state index contributed by atoms with van der Waals surface area (Å²) >= 11 is 0. The molecule has 172 valence electrons. The third-order valence-electron chi connectivity index (χ3n) is 5.04. The molecular weight excluding hydrogens is 508 g/mol. The molecule has 0 bridgehead atoms. The Morgan fingerprint density at radius 1 is 1.13 bits per heavy atom. The van der Waals surface area contributed by atoms with Crippen LogP contribution in [0.5, 0.6) is 0 Å². The van der Waals surface area contributed by atoms with E-state index in [0.29, 0.717) is 45.9 Å². The van der Waals surface area contributed by atoms with Crippen molar-refractivity contribution in [1.82, 2.24) is 15.1 Å². The molecule has 0 saturated carbocycles. The van der Waals surface area contributed by atoms with Crippen LogP contribution in [-0.4, -0.2) is 73.9 Å². The molecule has 0 amide bonds. The third kappa shape index (κ3) is 9.38. The van der Waals surface area contributed by atoms with Crippen LogP contribution in [0.15, 0.2) is 35.3 Å². The minimum Gasteiger partial charge on any atom is -0.377 e. The number of nitrogens with one attached hydrogen (secondary N) is 1. The Labute approximate surface area is 195 Å². The van der Waals surface area contributed by atoms with Crippen LogP contribution < -0.4 is 5.32 Å². The maximum absolute atomic E-state index is 12.9. The molecule has 9 heteroatoms. The molecule has 1 aromatic rings. The number of hydrogen-bond acceptors (Lipinski definition) is 3. The van der Waals surface area contributed by atoms with Crippen LogP contribution >= 0.6 is 24.0 Å². The molecule has 1 atom stereocenters. The van der Waals surface area contributed by atoms with E-state index < -0.39 is 12.2 Å². The summed E-state index contributed by atoms with van der Waals surface area (Å²) in [5.74, 6) is 0.789. The monoisotopic (exact) mass is 542 g/mol. The molecule has 1 N–H and O–H groups in total. The summed E-state index contributed by atoms with van der Waals surface area (Å²) in [6.45, 7) is 7.82. The van der Waals surface area contributed by atoms with Crippen LogP contribution in [0.4, 0.5) is 13.2 Å². The van der Waals surface area contributed by atoms with Crippen molar-refractivity contribution in [3.05, 3.63) is 35.9 Å². The Morgan fingerprint density at radius 3 is 2.40 bits per heavy atom. The summed E-state index contributed by atoms with van der Waals surface area (Å²) < 4.78 is 44.4. The molecule has 2 rings (SSSR count). The highest BCUT2D eigenvalue weighted by Crippen LogP contribution is 2.25. The number of hydrogen-bond donors (Lipinski definition) is 1. The molecule has 1 heterocycles. The minimum atomic E-state index is -4.18. The van der Waals surface area contributed by atoms with Crippen molar-refractivity contribution in [2.75, 3.05) is 45.9 Å². The number of aliphatic imine (C=N–C) groups is 1. The molecule has 0 aromatic heterocycles. The van der Waals surface area contributed by atoms with E-state index in [9.17, 15) is 13.2 Å². The van der Waals surface area contributed by atoms with Crippen LogP contribution in [-0.2, 0) is 11.3 Å². The second-order valence-corrected chi connectivity index (χ2v) is 7.22. The predicted molar refractivity (Wildman–Crippen MR) is 125 cm³/mol. The zero-order valence-electron chi connectivity index (χ0n) is 17.8. The molecule has 1 saturated heterocycles. The van der Waals surface area contributed by atoms with Crippen LogP contribution in [0.3, 0.4) is 0 Å². The first-order chi connectivity index (χ1) is 13.9. The van der Waals surface area contributed by atoms with E-state index in [4.69, 9.17) is 4.74 Å². The Balaban J connectivity index is 0.00000450. The first-order valence-electron chi connectivity index (χ1n) is 10.4. The number of rotatable bonds is 9. The van der Waals surface area contributed by atoms with Crippen molar-refractivity contribution in [1.29, 1.82) is 0 Å². The van der Waals surface area contributed by atoms with Gasteiger partial charge in [-0.15, -0.1) is 24.0 Å². The van der Waals surface area contributed by atoms with E-state index in [-0.39, 0.29) is 24.0 Å². The first-order valence-corrected chi connectivity index (χ1v) is 10.4. The Bertz CT molecular complexity index is 608. The highest BCUT2D eigenvalue weighted by Gasteiger charge is 2.41. The molecule has 30 heavy (non-hydrogen) atoms. The molecule has 0 radical (unpaired) electrons. The van der Waals surface area contributed by atoms with Crippen molar-refractivity contribution in [2.45, 2.75) is 45.5 Å². The van der Waals surface area contributed by atoms with Crippen molar-refractivity contribution in [2.24, 2.45) is 4.99 Å². The first kappa shape index (κ1) is 27.0. The molecule has 1 unspecified atom stereocenters. The van der Waals surface area contributed by atoms with Gasteiger partial charge in [0, 0.05) is 45.9 Å². The lowest BCUT2D eigenvalue weighted by molar-refractivity contribution is -0.181. The average Bonchev–Trinajstić information content (AvgIpc) is 2.72. The quantitative estimate of drug-likeness (QED) is 0.221. The largest absolute Gasteiger partial charge is 0.403 e. The third-order valence-corrected chi connectivity index (χ3v) is 5.04. The van der Waals surface area contributed by atoms with Crippen molar-refractivity contribution in [3.8, 4) is 0 Å². The molecular formula is C21H34F3IN4O. The number of benzene rings is 1. The number of alkyl halides is 3. The van der Waals surface area contributed by atoms with E-state index in [1.165, 1.54) is 17.4 Å². The van der Waals surface area contributed by atoms with Gasteiger partial charge in [0.2, 0.25) is 0 Å². The molecule has 1 aliphatic rings. The maximum Gasteiger partial charge on any atom is 0.403 e. The summed E-state index contributed by atoms with van der Waals surface area (Å²) in [7, 11) is 0. The van der Waals surface area contributed by atoms with Crippen molar-refractivity contribution >= 4 is 29.9 Å². The van der Waals surface area contributed by atoms with Crippen LogP contribution in [0.2, 0.25) is 0 Å². The van der Waals surface area contributed by atoms with Gasteiger partial charge in [0.25, 0.3) is 0 Å². The molecule has 1 aromatic carbocycles. The minimum absolute atomic E-state index is 0. The van der Waals surface area contributed by atoms with Gasteiger partial charge in [0.1, 0.15) is 6.04 Å². The average molecular weight is 542 g/mol. The smallest absolute Gasteiger partial charge is 0.377 e. The summed E-state index contributed by atoms with van der Waals surface area (Å²) in [5, 5.41) is 3.25.